The molecule has 4 heterocycles. The van der Waals surface area contributed by atoms with Gasteiger partial charge < -0.3 is 9.14 Å². The first-order chi connectivity index (χ1) is 11.7. The van der Waals surface area contributed by atoms with Gasteiger partial charge in [0.15, 0.2) is 0 Å². The summed E-state index contributed by atoms with van der Waals surface area (Å²) in [4.78, 5) is 11.4. The minimum absolute atomic E-state index is 0.135. The number of aromatic nitrogens is 5. The van der Waals surface area contributed by atoms with Gasteiger partial charge in [-0.3, -0.25) is 4.90 Å². The van der Waals surface area contributed by atoms with Crippen molar-refractivity contribution >= 4 is 5.65 Å². The lowest BCUT2D eigenvalue weighted by molar-refractivity contribution is -0.0408. The summed E-state index contributed by atoms with van der Waals surface area (Å²) in [7, 11) is 0. The fraction of sp³-hybridized carbons (Fsp3) is 0.471. The van der Waals surface area contributed by atoms with E-state index in [1.54, 1.807) is 0 Å². The number of imidazole rings is 1. The Morgan fingerprint density at radius 1 is 1.25 bits per heavy atom. The molecule has 7 heteroatoms. The van der Waals surface area contributed by atoms with Gasteiger partial charge in [0.1, 0.15) is 17.3 Å². The van der Waals surface area contributed by atoms with Crippen molar-refractivity contribution in [2.24, 2.45) is 0 Å². The lowest BCUT2D eigenvalue weighted by Crippen LogP contribution is -2.44. The molecule has 0 saturated carbocycles. The van der Waals surface area contributed by atoms with E-state index in [2.05, 4.69) is 30.6 Å². The van der Waals surface area contributed by atoms with Crippen LogP contribution >= 0.6 is 0 Å². The molecule has 1 fully saturated rings. The van der Waals surface area contributed by atoms with E-state index in [-0.39, 0.29) is 6.10 Å². The minimum Gasteiger partial charge on any atom is -0.374 e. The SMILES string of the molecule is Cc1nc(C)n(CC2CN(Cc3cn4ccccc4n3)CCO2)n1. The van der Waals surface area contributed by atoms with Gasteiger partial charge in [0.25, 0.3) is 0 Å². The predicted octanol–water partition coefficient (Wildman–Crippen LogP) is 1.44. The molecule has 7 nitrogen and oxygen atoms in total. The predicted molar refractivity (Wildman–Crippen MR) is 89.7 cm³/mol. The van der Waals surface area contributed by atoms with E-state index < -0.39 is 0 Å². The van der Waals surface area contributed by atoms with Gasteiger partial charge >= 0.3 is 0 Å². The van der Waals surface area contributed by atoms with Crippen molar-refractivity contribution in [3.05, 3.63) is 47.9 Å². The third-order valence-corrected chi connectivity index (χ3v) is 4.36. The van der Waals surface area contributed by atoms with Crippen molar-refractivity contribution in [3.63, 3.8) is 0 Å². The number of morpholine rings is 1. The molecule has 0 N–H and O–H groups in total. The average Bonchev–Trinajstić information content (AvgIpc) is 3.10. The molecule has 0 radical (unpaired) electrons. The van der Waals surface area contributed by atoms with Crippen molar-refractivity contribution in [3.8, 4) is 0 Å². The van der Waals surface area contributed by atoms with Crippen LogP contribution in [0.5, 0.6) is 0 Å². The molecule has 1 unspecified atom stereocenters. The number of pyridine rings is 1. The quantitative estimate of drug-likeness (QED) is 0.726. The second-order valence-corrected chi connectivity index (χ2v) is 6.31. The van der Waals surface area contributed by atoms with Crippen LogP contribution in [0.15, 0.2) is 30.6 Å². The summed E-state index contributed by atoms with van der Waals surface area (Å²) in [6, 6.07) is 6.06. The summed E-state index contributed by atoms with van der Waals surface area (Å²) in [5.74, 6) is 1.75. The Balaban J connectivity index is 1.42. The highest BCUT2D eigenvalue weighted by molar-refractivity contribution is 5.39. The molecule has 4 rings (SSSR count). The normalized spacial score (nSPS) is 19.2. The Kier molecular flexibility index (Phi) is 4.03. The van der Waals surface area contributed by atoms with E-state index in [9.17, 15) is 0 Å². The van der Waals surface area contributed by atoms with Crippen LogP contribution in [-0.2, 0) is 17.8 Å². The minimum atomic E-state index is 0.135. The van der Waals surface area contributed by atoms with Gasteiger partial charge in [-0.2, -0.15) is 5.10 Å². The molecule has 1 aliphatic heterocycles. The molecule has 24 heavy (non-hydrogen) atoms. The first-order valence-electron chi connectivity index (χ1n) is 8.32. The molecular weight excluding hydrogens is 304 g/mol. The molecule has 3 aromatic rings. The fourth-order valence-electron chi connectivity index (χ4n) is 3.25. The van der Waals surface area contributed by atoms with Crippen LogP contribution in [0, 0.1) is 13.8 Å². The van der Waals surface area contributed by atoms with Gasteiger partial charge in [-0.25, -0.2) is 14.6 Å². The number of fused-ring (bicyclic) bond motifs is 1. The topological polar surface area (TPSA) is 60.5 Å². The first kappa shape index (κ1) is 15.3. The molecule has 3 aromatic heterocycles. The Hall–Kier alpha value is -2.25. The Bertz CT molecular complexity index is 806. The Morgan fingerprint density at radius 3 is 2.96 bits per heavy atom. The van der Waals surface area contributed by atoms with Gasteiger partial charge in [0, 0.05) is 32.0 Å². The fourth-order valence-corrected chi connectivity index (χ4v) is 3.25. The van der Waals surface area contributed by atoms with Crippen LogP contribution < -0.4 is 0 Å². The number of aryl methyl sites for hydroxylation is 2. The molecule has 1 aliphatic rings. The summed E-state index contributed by atoms with van der Waals surface area (Å²) in [6.07, 6.45) is 4.27. The molecule has 1 atom stereocenters. The van der Waals surface area contributed by atoms with Crippen molar-refractivity contribution in [1.29, 1.82) is 0 Å². The average molecular weight is 326 g/mol. The first-order valence-corrected chi connectivity index (χ1v) is 8.32. The summed E-state index contributed by atoms with van der Waals surface area (Å²) in [5, 5.41) is 4.43. The molecule has 0 bridgehead atoms. The van der Waals surface area contributed by atoms with Crippen molar-refractivity contribution < 1.29 is 4.74 Å². The van der Waals surface area contributed by atoms with Crippen molar-refractivity contribution in [2.45, 2.75) is 33.0 Å². The van der Waals surface area contributed by atoms with Crippen molar-refractivity contribution in [2.75, 3.05) is 19.7 Å². The van der Waals surface area contributed by atoms with Crippen LogP contribution in [0.1, 0.15) is 17.3 Å². The molecule has 1 saturated heterocycles. The van der Waals surface area contributed by atoms with Gasteiger partial charge in [-0.15, -0.1) is 0 Å². The highest BCUT2D eigenvalue weighted by atomic mass is 16.5. The van der Waals surface area contributed by atoms with E-state index in [1.165, 1.54) is 0 Å². The van der Waals surface area contributed by atoms with E-state index in [0.717, 1.165) is 55.8 Å². The zero-order valence-electron chi connectivity index (χ0n) is 14.1. The monoisotopic (exact) mass is 326 g/mol. The maximum absolute atomic E-state index is 5.92. The van der Waals surface area contributed by atoms with E-state index in [4.69, 9.17) is 4.74 Å². The number of hydrogen-bond donors (Lipinski definition) is 0. The van der Waals surface area contributed by atoms with Crippen LogP contribution in [0.2, 0.25) is 0 Å². The highest BCUT2D eigenvalue weighted by Gasteiger charge is 2.22. The van der Waals surface area contributed by atoms with Crippen LogP contribution in [0.25, 0.3) is 5.65 Å². The third kappa shape index (κ3) is 3.18. The lowest BCUT2D eigenvalue weighted by atomic mass is 10.2. The van der Waals surface area contributed by atoms with E-state index in [0.29, 0.717) is 0 Å². The van der Waals surface area contributed by atoms with E-state index in [1.807, 2.05) is 42.9 Å². The van der Waals surface area contributed by atoms with Crippen LogP contribution in [-0.4, -0.2) is 54.8 Å². The maximum atomic E-state index is 5.92. The van der Waals surface area contributed by atoms with Gasteiger partial charge in [-0.05, 0) is 26.0 Å². The van der Waals surface area contributed by atoms with Crippen molar-refractivity contribution in [1.82, 2.24) is 29.0 Å². The Morgan fingerprint density at radius 2 is 2.17 bits per heavy atom. The second-order valence-electron chi connectivity index (χ2n) is 6.31. The summed E-state index contributed by atoms with van der Waals surface area (Å²) in [6.45, 7) is 8.04. The standard InChI is InChI=1S/C17H22N6O/c1-13-18-14(2)23(20-13)12-16-11-21(7-8-24-16)9-15-10-22-6-4-3-5-17(22)19-15/h3-6,10,16H,7-9,11-12H2,1-2H3. The maximum Gasteiger partial charge on any atom is 0.147 e. The molecule has 0 spiro atoms. The van der Waals surface area contributed by atoms with E-state index >= 15 is 0 Å². The lowest BCUT2D eigenvalue weighted by Gasteiger charge is -2.32. The van der Waals surface area contributed by atoms with Gasteiger partial charge in [0.05, 0.1) is 24.9 Å². The third-order valence-electron chi connectivity index (χ3n) is 4.36. The zero-order valence-corrected chi connectivity index (χ0v) is 14.1. The number of rotatable bonds is 4. The molecule has 126 valence electrons. The summed E-state index contributed by atoms with van der Waals surface area (Å²) in [5.41, 5.74) is 2.08. The van der Waals surface area contributed by atoms with Gasteiger partial charge in [0.2, 0.25) is 0 Å². The number of nitrogens with zero attached hydrogens (tertiary/aromatic N) is 6. The van der Waals surface area contributed by atoms with Crippen LogP contribution in [0.4, 0.5) is 0 Å². The number of hydrogen-bond acceptors (Lipinski definition) is 5. The zero-order chi connectivity index (χ0) is 16.5. The summed E-state index contributed by atoms with van der Waals surface area (Å²) >= 11 is 0. The smallest absolute Gasteiger partial charge is 0.147 e. The number of ether oxygens (including phenoxy) is 1. The molecular formula is C17H22N6O. The van der Waals surface area contributed by atoms with Gasteiger partial charge in [-0.1, -0.05) is 6.07 Å². The second kappa shape index (κ2) is 6.33. The highest BCUT2D eigenvalue weighted by Crippen LogP contribution is 2.13. The Labute approximate surface area is 140 Å². The molecule has 0 aliphatic carbocycles. The molecule has 0 aromatic carbocycles. The largest absolute Gasteiger partial charge is 0.374 e. The summed E-state index contributed by atoms with van der Waals surface area (Å²) < 4.78 is 9.92. The molecule has 0 amide bonds. The van der Waals surface area contributed by atoms with Crippen LogP contribution in [0.3, 0.4) is 0 Å².